The molecule has 1 aromatic heterocycles. The van der Waals surface area contributed by atoms with Crippen LogP contribution in [0.3, 0.4) is 0 Å². The lowest BCUT2D eigenvalue weighted by Gasteiger charge is -1.99. The Morgan fingerprint density at radius 3 is 2.87 bits per heavy atom. The summed E-state index contributed by atoms with van der Waals surface area (Å²) in [6.07, 6.45) is 7.21. The minimum atomic E-state index is 0.720. The van der Waals surface area contributed by atoms with Crippen molar-refractivity contribution in [2.45, 2.75) is 0 Å². The molecule has 1 heterocycles. The third-order valence-electron chi connectivity index (χ3n) is 1.90. The van der Waals surface area contributed by atoms with Crippen LogP contribution in [0.1, 0.15) is 5.56 Å². The van der Waals surface area contributed by atoms with E-state index >= 15 is 0 Å². The Kier molecular flexibility index (Phi) is 3.12. The molecule has 0 aliphatic rings. The highest BCUT2D eigenvalue weighted by atomic mass is 15.6. The molecule has 0 radical (unpaired) electrons. The molecular weight excluding hydrogens is 188 g/mol. The van der Waals surface area contributed by atoms with Gasteiger partial charge in [-0.1, -0.05) is 42.5 Å². The molecule has 0 saturated carbocycles. The van der Waals surface area contributed by atoms with Gasteiger partial charge in [0.05, 0.1) is 6.54 Å². The van der Waals surface area contributed by atoms with E-state index in [4.69, 9.17) is 0 Å². The van der Waals surface area contributed by atoms with Crippen LogP contribution in [-0.2, 0) is 0 Å². The number of hydrogen-bond acceptors (Lipinski definition) is 3. The van der Waals surface area contributed by atoms with E-state index in [2.05, 4.69) is 33.7 Å². The van der Waals surface area contributed by atoms with Gasteiger partial charge in [-0.15, -0.1) is 5.10 Å². The summed E-state index contributed by atoms with van der Waals surface area (Å²) < 4.78 is 0. The van der Waals surface area contributed by atoms with Gasteiger partial charge < -0.3 is 5.43 Å². The highest BCUT2D eigenvalue weighted by Gasteiger charge is 1.85. The van der Waals surface area contributed by atoms with Gasteiger partial charge in [0.2, 0.25) is 0 Å². The van der Waals surface area contributed by atoms with Crippen molar-refractivity contribution in [2.24, 2.45) is 0 Å². The molecule has 2 aromatic rings. The van der Waals surface area contributed by atoms with Crippen LogP contribution in [0.2, 0.25) is 0 Å². The Bertz CT molecular complexity index is 405. The predicted molar refractivity (Wildman–Crippen MR) is 59.7 cm³/mol. The Morgan fingerprint density at radius 2 is 2.13 bits per heavy atom. The van der Waals surface area contributed by atoms with Gasteiger partial charge >= 0.3 is 0 Å². The molecular formula is C11H12N4. The molecule has 0 aliphatic heterocycles. The average Bonchev–Trinajstić information content (AvgIpc) is 2.79. The van der Waals surface area contributed by atoms with Gasteiger partial charge in [-0.2, -0.15) is 4.79 Å². The van der Waals surface area contributed by atoms with Crippen molar-refractivity contribution in [3.05, 3.63) is 54.6 Å². The summed E-state index contributed by atoms with van der Waals surface area (Å²) in [6, 6.07) is 10.2. The van der Waals surface area contributed by atoms with Crippen LogP contribution >= 0.6 is 0 Å². The topological polar surface area (TPSA) is 42.7 Å². The first-order valence-electron chi connectivity index (χ1n) is 4.75. The minimum absolute atomic E-state index is 0.720. The minimum Gasteiger partial charge on any atom is -0.305 e. The van der Waals surface area contributed by atoms with Crippen LogP contribution < -0.4 is 5.43 Å². The second kappa shape index (κ2) is 4.95. The summed E-state index contributed by atoms with van der Waals surface area (Å²) in [7, 11) is 0. The third-order valence-corrected chi connectivity index (χ3v) is 1.90. The van der Waals surface area contributed by atoms with E-state index in [1.54, 1.807) is 11.1 Å². The van der Waals surface area contributed by atoms with Crippen molar-refractivity contribution in [1.29, 1.82) is 0 Å². The molecule has 76 valence electrons. The standard InChI is InChI=1S/C11H12N4/c1-2-5-11(6-3-1)7-4-8-13-15-10-12-9-14-15/h1-7,9-10,13H,8H2/b7-4+. The maximum Gasteiger partial charge on any atom is 0.139 e. The lowest BCUT2D eigenvalue weighted by Crippen LogP contribution is -2.14. The van der Waals surface area contributed by atoms with Gasteiger partial charge in [0.25, 0.3) is 0 Å². The molecule has 4 heteroatoms. The average molecular weight is 200 g/mol. The van der Waals surface area contributed by atoms with Crippen molar-refractivity contribution in [3.8, 4) is 0 Å². The summed E-state index contributed by atoms with van der Waals surface area (Å²) in [4.78, 5) is 5.40. The molecule has 1 aromatic carbocycles. The van der Waals surface area contributed by atoms with Crippen LogP contribution in [0.25, 0.3) is 6.08 Å². The van der Waals surface area contributed by atoms with Crippen molar-refractivity contribution in [1.82, 2.24) is 14.9 Å². The molecule has 1 N–H and O–H groups in total. The fourth-order valence-electron chi connectivity index (χ4n) is 1.20. The number of hydrogen-bond donors (Lipinski definition) is 1. The number of nitrogens with one attached hydrogen (secondary N) is 1. The molecule has 0 amide bonds. The Hall–Kier alpha value is -2.10. The van der Waals surface area contributed by atoms with E-state index in [9.17, 15) is 0 Å². The van der Waals surface area contributed by atoms with Crippen LogP contribution in [0.15, 0.2) is 49.1 Å². The van der Waals surface area contributed by atoms with E-state index in [0.29, 0.717) is 0 Å². The molecule has 15 heavy (non-hydrogen) atoms. The molecule has 0 spiro atoms. The van der Waals surface area contributed by atoms with E-state index in [1.165, 1.54) is 11.9 Å². The number of aromatic nitrogens is 3. The highest BCUT2D eigenvalue weighted by molar-refractivity contribution is 5.48. The molecule has 0 saturated heterocycles. The number of benzene rings is 1. The SMILES string of the molecule is C(=C\c1ccccc1)/CNn1cncn1. The molecule has 0 fully saturated rings. The van der Waals surface area contributed by atoms with Gasteiger partial charge in [0.1, 0.15) is 12.7 Å². The first kappa shape index (κ1) is 9.45. The largest absolute Gasteiger partial charge is 0.305 e. The molecule has 2 rings (SSSR count). The fraction of sp³-hybridized carbons (Fsp3) is 0.0909. The fourth-order valence-corrected chi connectivity index (χ4v) is 1.20. The Labute approximate surface area is 88.2 Å². The summed E-state index contributed by atoms with van der Waals surface area (Å²) >= 11 is 0. The smallest absolute Gasteiger partial charge is 0.139 e. The number of rotatable bonds is 4. The maximum atomic E-state index is 3.92. The van der Waals surface area contributed by atoms with Gasteiger partial charge in [-0.25, -0.2) is 4.98 Å². The maximum absolute atomic E-state index is 3.92. The van der Waals surface area contributed by atoms with Crippen molar-refractivity contribution >= 4 is 6.08 Å². The van der Waals surface area contributed by atoms with Crippen LogP contribution in [0.5, 0.6) is 0 Å². The van der Waals surface area contributed by atoms with Crippen LogP contribution in [-0.4, -0.2) is 21.4 Å². The monoisotopic (exact) mass is 200 g/mol. The van der Waals surface area contributed by atoms with Crippen molar-refractivity contribution < 1.29 is 0 Å². The van der Waals surface area contributed by atoms with Crippen molar-refractivity contribution in [3.63, 3.8) is 0 Å². The normalized spacial score (nSPS) is 10.7. The van der Waals surface area contributed by atoms with E-state index < -0.39 is 0 Å². The molecule has 0 bridgehead atoms. The van der Waals surface area contributed by atoms with Crippen LogP contribution in [0.4, 0.5) is 0 Å². The van der Waals surface area contributed by atoms with E-state index in [1.807, 2.05) is 24.3 Å². The van der Waals surface area contributed by atoms with Crippen molar-refractivity contribution in [2.75, 3.05) is 12.0 Å². The quantitative estimate of drug-likeness (QED) is 0.814. The zero-order valence-electron chi connectivity index (χ0n) is 8.24. The van der Waals surface area contributed by atoms with E-state index in [0.717, 1.165) is 6.54 Å². The number of nitrogens with zero attached hydrogens (tertiary/aromatic N) is 3. The third kappa shape index (κ3) is 2.95. The predicted octanol–water partition coefficient (Wildman–Crippen LogP) is 1.53. The Balaban J connectivity index is 1.81. The summed E-state index contributed by atoms with van der Waals surface area (Å²) in [5.41, 5.74) is 4.24. The first-order chi connectivity index (χ1) is 7.45. The van der Waals surface area contributed by atoms with Gasteiger partial charge in [-0.3, -0.25) is 0 Å². The zero-order chi connectivity index (χ0) is 10.3. The lowest BCUT2D eigenvalue weighted by atomic mass is 10.2. The first-order valence-corrected chi connectivity index (χ1v) is 4.75. The van der Waals surface area contributed by atoms with Gasteiger partial charge in [-0.05, 0) is 5.56 Å². The molecule has 4 nitrogen and oxygen atoms in total. The summed E-state index contributed by atoms with van der Waals surface area (Å²) in [5, 5.41) is 3.92. The zero-order valence-corrected chi connectivity index (χ0v) is 8.24. The highest BCUT2D eigenvalue weighted by Crippen LogP contribution is 1.99. The Morgan fingerprint density at radius 1 is 1.27 bits per heavy atom. The summed E-state index contributed by atoms with van der Waals surface area (Å²) in [5.74, 6) is 0. The van der Waals surface area contributed by atoms with Gasteiger partial charge in [0.15, 0.2) is 0 Å². The van der Waals surface area contributed by atoms with E-state index in [-0.39, 0.29) is 0 Å². The summed E-state index contributed by atoms with van der Waals surface area (Å²) in [6.45, 7) is 0.720. The van der Waals surface area contributed by atoms with Gasteiger partial charge in [0, 0.05) is 0 Å². The molecule has 0 aliphatic carbocycles. The second-order valence-electron chi connectivity index (χ2n) is 3.02. The molecule has 0 atom stereocenters. The van der Waals surface area contributed by atoms with Crippen LogP contribution in [0, 0.1) is 0 Å². The molecule has 0 unspecified atom stereocenters. The lowest BCUT2D eigenvalue weighted by molar-refractivity contribution is 0.759. The second-order valence-corrected chi connectivity index (χ2v) is 3.02.